The summed E-state index contributed by atoms with van der Waals surface area (Å²) >= 11 is 3.22. The number of anilines is 1. The lowest BCUT2D eigenvalue weighted by molar-refractivity contribution is -0.385. The summed E-state index contributed by atoms with van der Waals surface area (Å²) in [6.07, 6.45) is 0. The largest absolute Gasteiger partial charge is 0.508 e. The Balaban J connectivity index is 2.05. The highest BCUT2D eigenvalue weighted by Gasteiger charge is 2.37. The molecule has 0 saturated heterocycles. The minimum absolute atomic E-state index is 0.00947. The van der Waals surface area contributed by atoms with Crippen LogP contribution in [0.15, 0.2) is 46.9 Å². The van der Waals surface area contributed by atoms with Crippen molar-refractivity contribution in [3.63, 3.8) is 0 Å². The Hall–Kier alpha value is -3.26. The van der Waals surface area contributed by atoms with Gasteiger partial charge >= 0.3 is 0 Å². The molecule has 1 heterocycles. The summed E-state index contributed by atoms with van der Waals surface area (Å²) in [5.41, 5.74) is 0.961. The summed E-state index contributed by atoms with van der Waals surface area (Å²) in [4.78, 5) is 38.0. The van der Waals surface area contributed by atoms with Gasteiger partial charge in [-0.2, -0.15) is 0 Å². The first-order valence-corrected chi connectivity index (χ1v) is 8.68. The van der Waals surface area contributed by atoms with Crippen molar-refractivity contribution in [2.75, 3.05) is 4.90 Å². The minimum atomic E-state index is -0.645. The van der Waals surface area contributed by atoms with Crippen LogP contribution in [0.25, 0.3) is 10.8 Å². The Morgan fingerprint density at radius 2 is 1.78 bits per heavy atom. The number of carbonyl (C=O) groups excluding carboxylic acids is 2. The topological polar surface area (TPSA) is 101 Å². The quantitative estimate of drug-likeness (QED) is 0.373. The number of hydrogen-bond acceptors (Lipinski definition) is 5. The molecule has 0 fully saturated rings. The zero-order chi connectivity index (χ0) is 19.5. The fraction of sp³-hybridized carbons (Fsp3) is 0.0526. The van der Waals surface area contributed by atoms with Gasteiger partial charge < -0.3 is 5.11 Å². The van der Waals surface area contributed by atoms with Gasteiger partial charge in [-0.15, -0.1) is 0 Å². The maximum atomic E-state index is 13.1. The van der Waals surface area contributed by atoms with Gasteiger partial charge in [-0.3, -0.25) is 19.7 Å². The summed E-state index contributed by atoms with van der Waals surface area (Å²) < 4.78 is 0.225. The van der Waals surface area contributed by atoms with Crippen molar-refractivity contribution in [3.8, 4) is 5.75 Å². The number of nitro groups is 1. The van der Waals surface area contributed by atoms with E-state index in [9.17, 15) is 24.8 Å². The molecule has 1 aliphatic heterocycles. The van der Waals surface area contributed by atoms with Crippen LogP contribution in [-0.2, 0) is 0 Å². The van der Waals surface area contributed by atoms with E-state index in [1.165, 1.54) is 24.3 Å². The fourth-order valence-electron chi connectivity index (χ4n) is 3.36. The molecular formula is C19H11BrN2O5. The minimum Gasteiger partial charge on any atom is -0.508 e. The highest BCUT2D eigenvalue weighted by Crippen LogP contribution is 2.41. The molecule has 0 radical (unpaired) electrons. The van der Waals surface area contributed by atoms with E-state index in [0.29, 0.717) is 22.0 Å². The molecule has 0 saturated carbocycles. The van der Waals surface area contributed by atoms with Gasteiger partial charge in [-0.1, -0.05) is 12.1 Å². The SMILES string of the molecule is Cc1cc(O)ccc1N1C(=O)c2cccc3c(Br)c([N+](=O)[O-])cc(c23)C1=O. The normalized spacial score (nSPS) is 13.3. The van der Waals surface area contributed by atoms with Gasteiger partial charge in [0.25, 0.3) is 17.5 Å². The number of benzene rings is 3. The van der Waals surface area contributed by atoms with E-state index in [2.05, 4.69) is 15.9 Å². The van der Waals surface area contributed by atoms with Crippen LogP contribution < -0.4 is 4.90 Å². The Morgan fingerprint density at radius 1 is 1.07 bits per heavy atom. The molecule has 3 aromatic carbocycles. The van der Waals surface area contributed by atoms with Crippen LogP contribution in [0, 0.1) is 17.0 Å². The molecular weight excluding hydrogens is 416 g/mol. The number of aryl methyl sites for hydroxylation is 1. The van der Waals surface area contributed by atoms with Crippen molar-refractivity contribution in [1.82, 2.24) is 0 Å². The van der Waals surface area contributed by atoms with Gasteiger partial charge in [0.15, 0.2) is 0 Å². The van der Waals surface area contributed by atoms with Crippen molar-refractivity contribution < 1.29 is 19.6 Å². The van der Waals surface area contributed by atoms with Crippen molar-refractivity contribution in [1.29, 1.82) is 0 Å². The number of nitro benzene ring substituents is 1. The van der Waals surface area contributed by atoms with Crippen LogP contribution >= 0.6 is 15.9 Å². The molecule has 1 N–H and O–H groups in total. The van der Waals surface area contributed by atoms with E-state index in [0.717, 1.165) is 4.90 Å². The predicted molar refractivity (Wildman–Crippen MR) is 102 cm³/mol. The number of phenolic OH excluding ortho intramolecular Hbond substituents is 1. The Bertz CT molecular complexity index is 1190. The molecule has 134 valence electrons. The highest BCUT2D eigenvalue weighted by molar-refractivity contribution is 9.10. The third-order valence-corrected chi connectivity index (χ3v) is 5.39. The van der Waals surface area contributed by atoms with Gasteiger partial charge in [0.1, 0.15) is 10.2 Å². The molecule has 0 spiro atoms. The molecule has 3 aromatic rings. The smallest absolute Gasteiger partial charge is 0.284 e. The number of amides is 2. The van der Waals surface area contributed by atoms with E-state index in [1.54, 1.807) is 25.1 Å². The molecule has 7 nitrogen and oxygen atoms in total. The second kappa shape index (κ2) is 5.88. The van der Waals surface area contributed by atoms with Gasteiger partial charge in [-0.25, -0.2) is 4.90 Å². The van der Waals surface area contributed by atoms with Crippen molar-refractivity contribution >= 4 is 49.9 Å². The van der Waals surface area contributed by atoms with Crippen LogP contribution in [-0.4, -0.2) is 21.8 Å². The number of carbonyl (C=O) groups is 2. The predicted octanol–water partition coefficient (Wildman–Crippen LogP) is 4.33. The number of aromatic hydroxyl groups is 1. The van der Waals surface area contributed by atoms with Gasteiger partial charge in [-0.05, 0) is 52.7 Å². The number of nitrogens with zero attached hydrogens (tertiary/aromatic N) is 2. The monoisotopic (exact) mass is 426 g/mol. The average Bonchev–Trinajstić information content (AvgIpc) is 2.62. The van der Waals surface area contributed by atoms with Crippen LogP contribution in [0.1, 0.15) is 26.3 Å². The fourth-order valence-corrected chi connectivity index (χ4v) is 3.95. The van der Waals surface area contributed by atoms with Gasteiger partial charge in [0, 0.05) is 22.4 Å². The number of phenols is 1. The number of imide groups is 1. The molecule has 0 aromatic heterocycles. The summed E-state index contributed by atoms with van der Waals surface area (Å²) in [6.45, 7) is 1.66. The number of hydrogen-bond donors (Lipinski definition) is 1. The summed E-state index contributed by atoms with van der Waals surface area (Å²) in [7, 11) is 0. The van der Waals surface area contributed by atoms with E-state index in [-0.39, 0.29) is 27.0 Å². The first-order chi connectivity index (χ1) is 12.8. The van der Waals surface area contributed by atoms with Crippen LogP contribution in [0.2, 0.25) is 0 Å². The maximum absolute atomic E-state index is 13.1. The molecule has 0 atom stereocenters. The third kappa shape index (κ3) is 2.41. The lowest BCUT2D eigenvalue weighted by Gasteiger charge is -2.28. The first kappa shape index (κ1) is 17.2. The zero-order valence-electron chi connectivity index (χ0n) is 13.9. The maximum Gasteiger partial charge on any atom is 0.284 e. The van der Waals surface area contributed by atoms with Crippen molar-refractivity contribution in [2.45, 2.75) is 6.92 Å². The summed E-state index contributed by atoms with van der Waals surface area (Å²) in [5, 5.41) is 21.8. The second-order valence-electron chi connectivity index (χ2n) is 6.16. The average molecular weight is 427 g/mol. The molecule has 0 unspecified atom stereocenters. The van der Waals surface area contributed by atoms with Crippen LogP contribution in [0.5, 0.6) is 5.75 Å². The van der Waals surface area contributed by atoms with Crippen molar-refractivity contribution in [3.05, 3.63) is 73.7 Å². The van der Waals surface area contributed by atoms with E-state index in [4.69, 9.17) is 0 Å². The zero-order valence-corrected chi connectivity index (χ0v) is 15.5. The van der Waals surface area contributed by atoms with Crippen molar-refractivity contribution in [2.24, 2.45) is 0 Å². The van der Waals surface area contributed by atoms with E-state index < -0.39 is 16.7 Å². The standard InChI is InChI=1S/C19H11BrN2O5/c1-9-7-10(23)5-6-14(9)21-18(24)12-4-2-3-11-16(12)13(19(21)25)8-15(17(11)20)22(26)27/h2-8,23H,1H3. The Labute approximate surface area is 161 Å². The van der Waals surface area contributed by atoms with Gasteiger partial charge in [0.2, 0.25) is 0 Å². The van der Waals surface area contributed by atoms with E-state index >= 15 is 0 Å². The molecule has 0 bridgehead atoms. The second-order valence-corrected chi connectivity index (χ2v) is 6.95. The summed E-state index contributed by atoms with van der Waals surface area (Å²) in [6, 6.07) is 10.3. The Morgan fingerprint density at radius 3 is 2.44 bits per heavy atom. The van der Waals surface area contributed by atoms with Crippen LogP contribution in [0.3, 0.4) is 0 Å². The number of halogens is 1. The third-order valence-electron chi connectivity index (χ3n) is 4.56. The lowest BCUT2D eigenvalue weighted by atomic mass is 9.92. The first-order valence-electron chi connectivity index (χ1n) is 7.89. The lowest BCUT2D eigenvalue weighted by Crippen LogP contribution is -2.40. The van der Waals surface area contributed by atoms with E-state index in [1.807, 2.05) is 0 Å². The molecule has 8 heteroatoms. The molecule has 0 aliphatic carbocycles. The van der Waals surface area contributed by atoms with Crippen LogP contribution in [0.4, 0.5) is 11.4 Å². The molecule has 1 aliphatic rings. The summed E-state index contributed by atoms with van der Waals surface area (Å²) in [5.74, 6) is -1.16. The van der Waals surface area contributed by atoms with Gasteiger partial charge in [0.05, 0.1) is 16.2 Å². The number of rotatable bonds is 2. The molecule has 2 amide bonds. The molecule has 4 rings (SSSR count). The Kier molecular flexibility index (Phi) is 3.74. The highest BCUT2D eigenvalue weighted by atomic mass is 79.9. The molecule has 27 heavy (non-hydrogen) atoms.